The molecule has 4 aliphatic carbocycles. The molecule has 0 aromatic carbocycles. The van der Waals surface area contributed by atoms with E-state index >= 15 is 0 Å². The van der Waals surface area contributed by atoms with Gasteiger partial charge in [0.2, 0.25) is 0 Å². The van der Waals surface area contributed by atoms with Crippen LogP contribution >= 0.6 is 0 Å². The van der Waals surface area contributed by atoms with E-state index in [4.69, 9.17) is 0 Å². The highest BCUT2D eigenvalue weighted by molar-refractivity contribution is 5.11. The third-order valence-corrected chi connectivity index (χ3v) is 8.83. The Morgan fingerprint density at radius 2 is 1.21 bits per heavy atom. The highest BCUT2D eigenvalue weighted by atomic mass is 14.4. The summed E-state index contributed by atoms with van der Waals surface area (Å²) in [6.45, 7) is 4.80. The largest absolute Gasteiger partial charge is 0.0996 e. The summed E-state index contributed by atoms with van der Waals surface area (Å²) in [7, 11) is 0. The molecule has 4 rings (SSSR count). The van der Waals surface area contributed by atoms with Crippen molar-refractivity contribution in [2.45, 2.75) is 110 Å². The predicted octanol–water partition coefficient (Wildman–Crippen LogP) is 8.18. The Bertz CT molecular complexity index is 563. The SMILES string of the molecule is CC1C=C(CC2CCC(C3CCC(C#CC4CCC(C)CC4)CC3)CC2)CC1. The van der Waals surface area contributed by atoms with Crippen LogP contribution in [0.25, 0.3) is 0 Å². The second kappa shape index (κ2) is 9.87. The van der Waals surface area contributed by atoms with Crippen LogP contribution in [0.4, 0.5) is 0 Å². The van der Waals surface area contributed by atoms with Crippen molar-refractivity contribution >= 4 is 0 Å². The van der Waals surface area contributed by atoms with E-state index in [-0.39, 0.29) is 0 Å². The number of hydrogen-bond donors (Lipinski definition) is 0. The highest BCUT2D eigenvalue weighted by Gasteiger charge is 2.31. The van der Waals surface area contributed by atoms with Crippen molar-refractivity contribution in [3.63, 3.8) is 0 Å². The standard InChI is InChI=1S/C28H44/c1-21-3-6-23(7-4-21)9-10-24-11-15-27(16-12-24)28-17-13-25(14-18-28)20-26-8-5-22(2)19-26/h19,21-25,27-28H,3-8,11-18,20H2,1-2H3. The van der Waals surface area contributed by atoms with Crippen LogP contribution in [-0.4, -0.2) is 0 Å². The molecular weight excluding hydrogens is 336 g/mol. The lowest BCUT2D eigenvalue weighted by Gasteiger charge is -2.37. The molecule has 0 heterocycles. The van der Waals surface area contributed by atoms with Gasteiger partial charge in [-0.1, -0.05) is 37.3 Å². The number of allylic oxidation sites excluding steroid dienone is 2. The predicted molar refractivity (Wildman–Crippen MR) is 121 cm³/mol. The van der Waals surface area contributed by atoms with Crippen molar-refractivity contribution in [2.24, 2.45) is 41.4 Å². The average Bonchev–Trinajstić information content (AvgIpc) is 3.13. The van der Waals surface area contributed by atoms with Crippen molar-refractivity contribution in [3.05, 3.63) is 11.6 Å². The van der Waals surface area contributed by atoms with Crippen LogP contribution in [-0.2, 0) is 0 Å². The van der Waals surface area contributed by atoms with E-state index in [1.54, 1.807) is 5.57 Å². The highest BCUT2D eigenvalue weighted by Crippen LogP contribution is 2.43. The van der Waals surface area contributed by atoms with E-state index < -0.39 is 0 Å². The van der Waals surface area contributed by atoms with Gasteiger partial charge in [-0.05, 0) is 126 Å². The van der Waals surface area contributed by atoms with Gasteiger partial charge in [0.1, 0.15) is 0 Å². The second-order valence-corrected chi connectivity index (χ2v) is 11.2. The van der Waals surface area contributed by atoms with Crippen molar-refractivity contribution < 1.29 is 0 Å². The maximum Gasteiger partial charge on any atom is 0.0203 e. The lowest BCUT2D eigenvalue weighted by molar-refractivity contribution is 0.157. The molecule has 0 bridgehead atoms. The molecule has 0 amide bonds. The van der Waals surface area contributed by atoms with Crippen molar-refractivity contribution in [2.75, 3.05) is 0 Å². The molecule has 4 aliphatic rings. The first-order chi connectivity index (χ1) is 13.7. The Kier molecular flexibility index (Phi) is 7.25. The van der Waals surface area contributed by atoms with Crippen LogP contribution in [0.3, 0.4) is 0 Å². The zero-order valence-corrected chi connectivity index (χ0v) is 18.7. The minimum absolute atomic E-state index is 0.724. The minimum Gasteiger partial charge on any atom is -0.0996 e. The van der Waals surface area contributed by atoms with Gasteiger partial charge in [0, 0.05) is 11.8 Å². The lowest BCUT2D eigenvalue weighted by atomic mass is 9.68. The zero-order valence-electron chi connectivity index (χ0n) is 18.7. The monoisotopic (exact) mass is 380 g/mol. The van der Waals surface area contributed by atoms with Crippen molar-refractivity contribution in [1.29, 1.82) is 0 Å². The van der Waals surface area contributed by atoms with Crippen LogP contribution in [0, 0.1) is 53.3 Å². The van der Waals surface area contributed by atoms with Crippen LogP contribution in [0.15, 0.2) is 11.6 Å². The summed E-state index contributed by atoms with van der Waals surface area (Å²) < 4.78 is 0. The molecule has 156 valence electrons. The van der Waals surface area contributed by atoms with Gasteiger partial charge in [-0.15, -0.1) is 0 Å². The third kappa shape index (κ3) is 5.68. The minimum atomic E-state index is 0.724. The number of rotatable bonds is 3. The molecular formula is C28H44. The fraction of sp³-hybridized carbons (Fsp3) is 0.857. The first-order valence-electron chi connectivity index (χ1n) is 12.9. The lowest BCUT2D eigenvalue weighted by Crippen LogP contribution is -2.25. The van der Waals surface area contributed by atoms with Gasteiger partial charge < -0.3 is 0 Å². The summed E-state index contributed by atoms with van der Waals surface area (Å²) in [6, 6.07) is 0. The molecule has 3 saturated carbocycles. The van der Waals surface area contributed by atoms with Crippen LogP contribution in [0.2, 0.25) is 0 Å². The van der Waals surface area contributed by atoms with Gasteiger partial charge in [0.15, 0.2) is 0 Å². The van der Waals surface area contributed by atoms with Crippen molar-refractivity contribution in [3.8, 4) is 11.8 Å². The summed E-state index contributed by atoms with van der Waals surface area (Å²) in [5.41, 5.74) is 1.79. The fourth-order valence-corrected chi connectivity index (χ4v) is 6.76. The molecule has 0 aromatic heterocycles. The summed E-state index contributed by atoms with van der Waals surface area (Å²) in [6.07, 6.45) is 24.2. The summed E-state index contributed by atoms with van der Waals surface area (Å²) in [5, 5.41) is 0. The Balaban J connectivity index is 1.15. The molecule has 0 spiro atoms. The Hall–Kier alpha value is -0.700. The first kappa shape index (κ1) is 20.6. The molecule has 1 atom stereocenters. The molecule has 1 unspecified atom stereocenters. The maximum atomic E-state index is 3.72. The van der Waals surface area contributed by atoms with Crippen molar-refractivity contribution in [1.82, 2.24) is 0 Å². The van der Waals surface area contributed by atoms with Gasteiger partial charge in [-0.25, -0.2) is 0 Å². The quantitative estimate of drug-likeness (QED) is 0.342. The first-order valence-corrected chi connectivity index (χ1v) is 12.9. The third-order valence-electron chi connectivity index (χ3n) is 8.83. The molecule has 0 radical (unpaired) electrons. The molecule has 0 nitrogen and oxygen atoms in total. The van der Waals surface area contributed by atoms with E-state index in [2.05, 4.69) is 31.8 Å². The van der Waals surface area contributed by atoms with E-state index in [1.165, 1.54) is 96.3 Å². The van der Waals surface area contributed by atoms with Gasteiger partial charge in [0.05, 0.1) is 0 Å². The summed E-state index contributed by atoms with van der Waals surface area (Å²) in [4.78, 5) is 0. The van der Waals surface area contributed by atoms with Gasteiger partial charge in [-0.2, -0.15) is 0 Å². The Labute approximate surface area is 175 Å². The average molecular weight is 381 g/mol. The molecule has 0 aliphatic heterocycles. The molecule has 0 saturated heterocycles. The normalized spacial score (nSPS) is 41.8. The van der Waals surface area contributed by atoms with Crippen LogP contribution in [0.5, 0.6) is 0 Å². The number of hydrogen-bond acceptors (Lipinski definition) is 0. The van der Waals surface area contributed by atoms with Gasteiger partial charge >= 0.3 is 0 Å². The van der Waals surface area contributed by atoms with Crippen LogP contribution < -0.4 is 0 Å². The maximum absolute atomic E-state index is 3.72. The molecule has 28 heavy (non-hydrogen) atoms. The topological polar surface area (TPSA) is 0 Å². The van der Waals surface area contributed by atoms with E-state index in [9.17, 15) is 0 Å². The molecule has 0 N–H and O–H groups in total. The second-order valence-electron chi connectivity index (χ2n) is 11.2. The van der Waals surface area contributed by atoms with E-state index in [0.717, 1.165) is 41.4 Å². The smallest absolute Gasteiger partial charge is 0.0203 e. The van der Waals surface area contributed by atoms with Crippen LogP contribution in [0.1, 0.15) is 110 Å². The summed E-state index contributed by atoms with van der Waals surface area (Å²) in [5.74, 6) is 13.7. The summed E-state index contributed by atoms with van der Waals surface area (Å²) >= 11 is 0. The van der Waals surface area contributed by atoms with Gasteiger partial charge in [-0.3, -0.25) is 0 Å². The van der Waals surface area contributed by atoms with E-state index in [0.29, 0.717) is 0 Å². The molecule has 0 aromatic rings. The Morgan fingerprint density at radius 3 is 1.75 bits per heavy atom. The molecule has 0 heteroatoms. The van der Waals surface area contributed by atoms with E-state index in [1.807, 2.05) is 0 Å². The zero-order chi connectivity index (χ0) is 19.3. The fourth-order valence-electron chi connectivity index (χ4n) is 6.76. The van der Waals surface area contributed by atoms with Gasteiger partial charge in [0.25, 0.3) is 0 Å². The Morgan fingerprint density at radius 1 is 0.679 bits per heavy atom. The molecule has 3 fully saturated rings.